The number of fused-ring (bicyclic) bond motifs is 1. The van der Waals surface area contributed by atoms with E-state index >= 15 is 0 Å². The van der Waals surface area contributed by atoms with E-state index in [4.69, 9.17) is 0 Å². The SMILES string of the molecule is O=C(c1ccccc1)c1cccc(C(=O)N2CCN(c3ccc4c(c3)CCN(C3CCCC3)CC4)CC2)c1. The fourth-order valence-electron chi connectivity index (χ4n) is 6.46. The highest BCUT2D eigenvalue weighted by atomic mass is 16.2. The van der Waals surface area contributed by atoms with Crippen LogP contribution in [-0.4, -0.2) is 66.8 Å². The van der Waals surface area contributed by atoms with E-state index < -0.39 is 0 Å². The molecule has 3 aromatic carbocycles. The fourth-order valence-corrected chi connectivity index (χ4v) is 6.46. The van der Waals surface area contributed by atoms with Gasteiger partial charge in [-0.3, -0.25) is 14.5 Å². The minimum absolute atomic E-state index is 0.00120. The minimum Gasteiger partial charge on any atom is -0.368 e. The Balaban J connectivity index is 1.08. The standard InChI is InChI=1S/C33H37N3O2/c37-32(26-7-2-1-3-8-26)28-9-6-10-29(23-28)33(38)36-21-19-35(20-22-36)31-14-13-25-15-17-34(18-16-27(25)24-31)30-11-4-5-12-30/h1-3,6-10,13-14,23-24,30H,4-5,11-12,15-22H2. The lowest BCUT2D eigenvalue weighted by atomic mass is 10.0. The van der Waals surface area contributed by atoms with Crippen LogP contribution in [0.3, 0.4) is 0 Å². The van der Waals surface area contributed by atoms with E-state index in [2.05, 4.69) is 28.0 Å². The molecule has 38 heavy (non-hydrogen) atoms. The van der Waals surface area contributed by atoms with Crippen molar-refractivity contribution in [1.82, 2.24) is 9.80 Å². The van der Waals surface area contributed by atoms with Crippen molar-refractivity contribution >= 4 is 17.4 Å². The van der Waals surface area contributed by atoms with Crippen molar-refractivity contribution in [2.75, 3.05) is 44.2 Å². The summed E-state index contributed by atoms with van der Waals surface area (Å²) in [6, 6.07) is 24.2. The number of hydrogen-bond donors (Lipinski definition) is 0. The van der Waals surface area contributed by atoms with E-state index in [0.29, 0.717) is 29.8 Å². The van der Waals surface area contributed by atoms with E-state index in [0.717, 1.165) is 32.0 Å². The van der Waals surface area contributed by atoms with Gasteiger partial charge in [0, 0.05) is 67.7 Å². The van der Waals surface area contributed by atoms with E-state index in [1.54, 1.807) is 12.1 Å². The summed E-state index contributed by atoms with van der Waals surface area (Å²) in [6.07, 6.45) is 7.82. The average Bonchev–Trinajstić information content (AvgIpc) is 3.44. The summed E-state index contributed by atoms with van der Waals surface area (Å²) in [4.78, 5) is 33.3. The number of hydrogen-bond acceptors (Lipinski definition) is 4. The second-order valence-corrected chi connectivity index (χ2v) is 11.0. The molecule has 0 N–H and O–H groups in total. The molecule has 0 atom stereocenters. The van der Waals surface area contributed by atoms with Crippen LogP contribution in [0.5, 0.6) is 0 Å². The molecule has 2 heterocycles. The Morgan fingerprint density at radius 2 is 1.32 bits per heavy atom. The van der Waals surface area contributed by atoms with Crippen LogP contribution in [0.1, 0.15) is 63.1 Å². The first kappa shape index (κ1) is 24.9. The fraction of sp³-hybridized carbons (Fsp3) is 0.394. The molecule has 1 saturated heterocycles. The van der Waals surface area contributed by atoms with Crippen LogP contribution in [0, 0.1) is 0 Å². The van der Waals surface area contributed by atoms with Crippen LogP contribution < -0.4 is 4.90 Å². The van der Waals surface area contributed by atoms with Crippen LogP contribution in [0.2, 0.25) is 0 Å². The topological polar surface area (TPSA) is 43.9 Å². The van der Waals surface area contributed by atoms with Crippen molar-refractivity contribution in [1.29, 1.82) is 0 Å². The molecule has 0 bridgehead atoms. The molecular formula is C33H37N3O2. The highest BCUT2D eigenvalue weighted by Crippen LogP contribution is 2.28. The van der Waals surface area contributed by atoms with Crippen molar-refractivity contribution in [3.05, 3.63) is 101 Å². The lowest BCUT2D eigenvalue weighted by Crippen LogP contribution is -2.48. The number of carbonyl (C=O) groups excluding carboxylic acids is 2. The van der Waals surface area contributed by atoms with Gasteiger partial charge < -0.3 is 9.80 Å². The molecular weight excluding hydrogens is 470 g/mol. The Morgan fingerprint density at radius 1 is 0.632 bits per heavy atom. The molecule has 3 aliphatic rings. The van der Waals surface area contributed by atoms with E-state index in [-0.39, 0.29) is 11.7 Å². The zero-order valence-corrected chi connectivity index (χ0v) is 22.1. The number of carbonyl (C=O) groups is 2. The highest BCUT2D eigenvalue weighted by Gasteiger charge is 2.26. The smallest absolute Gasteiger partial charge is 0.253 e. The summed E-state index contributed by atoms with van der Waals surface area (Å²) in [5.74, 6) is -0.0547. The lowest BCUT2D eigenvalue weighted by molar-refractivity contribution is 0.0746. The molecule has 0 unspecified atom stereocenters. The van der Waals surface area contributed by atoms with Gasteiger partial charge in [-0.2, -0.15) is 0 Å². The molecule has 0 spiro atoms. The molecule has 1 saturated carbocycles. The summed E-state index contributed by atoms with van der Waals surface area (Å²) in [7, 11) is 0. The summed E-state index contributed by atoms with van der Waals surface area (Å²) >= 11 is 0. The number of rotatable bonds is 5. The van der Waals surface area contributed by atoms with E-state index in [1.165, 1.54) is 55.6 Å². The number of anilines is 1. The number of benzene rings is 3. The molecule has 5 nitrogen and oxygen atoms in total. The zero-order valence-electron chi connectivity index (χ0n) is 22.1. The monoisotopic (exact) mass is 507 g/mol. The van der Waals surface area contributed by atoms with Crippen LogP contribution in [0.4, 0.5) is 5.69 Å². The molecule has 2 aliphatic heterocycles. The third-order valence-electron chi connectivity index (χ3n) is 8.71. The minimum atomic E-state index is -0.0559. The van der Waals surface area contributed by atoms with Gasteiger partial charge >= 0.3 is 0 Å². The second-order valence-electron chi connectivity index (χ2n) is 11.0. The number of piperazine rings is 1. The normalized spacial score (nSPS) is 18.7. The number of nitrogens with zero attached hydrogens (tertiary/aromatic N) is 3. The maximum absolute atomic E-state index is 13.3. The van der Waals surface area contributed by atoms with Gasteiger partial charge in [-0.05, 0) is 61.1 Å². The van der Waals surface area contributed by atoms with Crippen molar-refractivity contribution < 1.29 is 9.59 Å². The van der Waals surface area contributed by atoms with Gasteiger partial charge in [-0.25, -0.2) is 0 Å². The Bertz CT molecular complexity index is 1290. The van der Waals surface area contributed by atoms with E-state index in [9.17, 15) is 9.59 Å². The zero-order chi connectivity index (χ0) is 25.9. The van der Waals surface area contributed by atoms with Crippen LogP contribution in [-0.2, 0) is 12.8 Å². The average molecular weight is 508 g/mol. The van der Waals surface area contributed by atoms with E-state index in [1.807, 2.05) is 47.4 Å². The molecule has 0 aromatic heterocycles. The van der Waals surface area contributed by atoms with Gasteiger partial charge in [0.1, 0.15) is 0 Å². The van der Waals surface area contributed by atoms with Crippen molar-refractivity contribution in [2.24, 2.45) is 0 Å². The highest BCUT2D eigenvalue weighted by molar-refractivity contribution is 6.10. The second kappa shape index (κ2) is 11.1. The maximum atomic E-state index is 13.3. The summed E-state index contributed by atoms with van der Waals surface area (Å²) in [6.45, 7) is 5.37. The molecule has 0 radical (unpaired) electrons. The first-order valence-corrected chi connectivity index (χ1v) is 14.3. The molecule has 5 heteroatoms. The van der Waals surface area contributed by atoms with Crippen LogP contribution >= 0.6 is 0 Å². The summed E-state index contributed by atoms with van der Waals surface area (Å²) in [5.41, 5.74) is 6.06. The maximum Gasteiger partial charge on any atom is 0.253 e. The Morgan fingerprint density at radius 3 is 2.08 bits per heavy atom. The molecule has 1 amide bonds. The molecule has 196 valence electrons. The van der Waals surface area contributed by atoms with Gasteiger partial charge in [0.25, 0.3) is 5.91 Å². The van der Waals surface area contributed by atoms with Crippen LogP contribution in [0.15, 0.2) is 72.8 Å². The number of ketones is 1. The number of amides is 1. The van der Waals surface area contributed by atoms with Crippen LogP contribution in [0.25, 0.3) is 0 Å². The first-order valence-electron chi connectivity index (χ1n) is 14.3. The third kappa shape index (κ3) is 5.25. The molecule has 1 aliphatic carbocycles. The predicted octanol–water partition coefficient (Wildman–Crippen LogP) is 5.22. The summed E-state index contributed by atoms with van der Waals surface area (Å²) in [5, 5.41) is 0. The predicted molar refractivity (Wildman–Crippen MR) is 152 cm³/mol. The van der Waals surface area contributed by atoms with Gasteiger partial charge in [-0.15, -0.1) is 0 Å². The Kier molecular flexibility index (Phi) is 7.28. The lowest BCUT2D eigenvalue weighted by Gasteiger charge is -2.36. The Hall–Kier alpha value is -3.44. The van der Waals surface area contributed by atoms with Crippen molar-refractivity contribution in [3.63, 3.8) is 0 Å². The molecule has 2 fully saturated rings. The van der Waals surface area contributed by atoms with Gasteiger partial charge in [-0.1, -0.05) is 61.4 Å². The Labute approximate surface area is 226 Å². The van der Waals surface area contributed by atoms with Crippen molar-refractivity contribution in [2.45, 2.75) is 44.6 Å². The quantitative estimate of drug-likeness (QED) is 0.444. The summed E-state index contributed by atoms with van der Waals surface area (Å²) < 4.78 is 0. The van der Waals surface area contributed by atoms with Crippen molar-refractivity contribution in [3.8, 4) is 0 Å². The van der Waals surface area contributed by atoms with Gasteiger partial charge in [0.05, 0.1) is 0 Å². The third-order valence-corrected chi connectivity index (χ3v) is 8.71. The molecule has 3 aromatic rings. The van der Waals surface area contributed by atoms with Gasteiger partial charge in [0.2, 0.25) is 0 Å². The first-order chi connectivity index (χ1) is 18.7. The van der Waals surface area contributed by atoms with Gasteiger partial charge in [0.15, 0.2) is 5.78 Å². The molecule has 6 rings (SSSR count). The largest absolute Gasteiger partial charge is 0.368 e.